The lowest BCUT2D eigenvalue weighted by atomic mass is 10.0. The van der Waals surface area contributed by atoms with Crippen molar-refractivity contribution in [2.45, 2.75) is 13.8 Å². The minimum Gasteiger partial charge on any atom is -0.478 e. The van der Waals surface area contributed by atoms with Crippen molar-refractivity contribution in [3.05, 3.63) is 174 Å². The number of nitrogens with zero attached hydrogens (tertiary/aromatic N) is 4. The monoisotopic (exact) mass is 1150 g/mol. The number of aryl methyl sites for hydroxylation is 2. The molecule has 0 spiro atoms. The lowest BCUT2D eigenvalue weighted by molar-refractivity contribution is 0.0301. The minimum absolute atomic E-state index is 0.0743. The zero-order valence-electron chi connectivity index (χ0n) is 46.7. The molecule has 4 fully saturated rings. The largest absolute Gasteiger partial charge is 0.478 e. The van der Waals surface area contributed by atoms with Crippen LogP contribution in [0.5, 0.6) is 0 Å². The number of carbonyl (C=O) groups is 6. The molecule has 4 aliphatic heterocycles. The molecule has 3 amide bonds. The van der Waals surface area contributed by atoms with E-state index < -0.39 is 17.8 Å². The van der Waals surface area contributed by atoms with Gasteiger partial charge in [-0.2, -0.15) is 0 Å². The van der Waals surface area contributed by atoms with E-state index in [1.807, 2.05) is 43.0 Å². The molecule has 6 N–H and O–H groups in total. The number of aromatic amines is 2. The van der Waals surface area contributed by atoms with Crippen LogP contribution in [0.15, 0.2) is 113 Å². The number of rotatable bonds is 9. The number of nitrogens with one attached hydrogen (secondary N) is 3. The van der Waals surface area contributed by atoms with E-state index in [1.165, 1.54) is 18.2 Å². The number of esters is 1. The summed E-state index contributed by atoms with van der Waals surface area (Å²) in [4.78, 5) is 108. The number of nitrogen functional groups attached to an aromatic ring is 1. The number of aromatic nitrogens is 2. The third-order valence-corrected chi connectivity index (χ3v) is 14.2. The van der Waals surface area contributed by atoms with E-state index in [0.29, 0.717) is 151 Å². The Balaban J connectivity index is 0.000000160. The van der Waals surface area contributed by atoms with Crippen molar-refractivity contribution in [2.24, 2.45) is 0 Å². The lowest BCUT2D eigenvalue weighted by Gasteiger charge is -2.31. The van der Waals surface area contributed by atoms with Crippen LogP contribution in [0.1, 0.15) is 73.3 Å². The number of fused-ring (bicyclic) bond motifs is 2. The molecule has 0 aliphatic carbocycles. The Morgan fingerprint density at radius 1 is 0.583 bits per heavy atom. The zero-order chi connectivity index (χ0) is 59.9. The molecule has 7 aromatic rings. The summed E-state index contributed by atoms with van der Waals surface area (Å²) in [5.41, 5.74) is 12.9. The molecule has 440 valence electrons. The zero-order valence-corrected chi connectivity index (χ0v) is 46.7. The van der Waals surface area contributed by atoms with Gasteiger partial charge in [-0.15, -0.1) is 0 Å². The first kappa shape index (κ1) is 60.8. The first-order valence-electron chi connectivity index (χ1n) is 27.1. The van der Waals surface area contributed by atoms with Crippen LogP contribution < -0.4 is 32.0 Å². The van der Waals surface area contributed by atoms with Crippen molar-refractivity contribution in [3.63, 3.8) is 0 Å². The molecule has 4 aliphatic rings. The third kappa shape index (κ3) is 15.4. The Kier molecular flexibility index (Phi) is 20.7. The molecular weight excluding hydrogens is 1090 g/mol. The van der Waals surface area contributed by atoms with Gasteiger partial charge in [0.15, 0.2) is 0 Å². The number of carbonyl (C=O) groups excluding carboxylic acids is 5. The topological polar surface area (TPSA) is 286 Å². The molecule has 23 heteroatoms. The molecule has 0 bridgehead atoms. The van der Waals surface area contributed by atoms with Crippen molar-refractivity contribution in [2.75, 3.05) is 133 Å². The Morgan fingerprint density at radius 2 is 1.05 bits per heavy atom. The van der Waals surface area contributed by atoms with Crippen molar-refractivity contribution in [1.29, 1.82) is 0 Å². The van der Waals surface area contributed by atoms with Crippen LogP contribution in [0.3, 0.4) is 0 Å². The molecule has 11 rings (SSSR count). The molecule has 2 aromatic heterocycles. The number of halogens is 1. The molecule has 84 heavy (non-hydrogen) atoms. The average molecular weight is 1150 g/mol. The highest BCUT2D eigenvalue weighted by molar-refractivity contribution is 6.10. The number of aldehydes is 1. The quantitative estimate of drug-likeness (QED) is 0.0635. The predicted molar refractivity (Wildman–Crippen MR) is 313 cm³/mol. The minimum atomic E-state index is -1.02. The van der Waals surface area contributed by atoms with E-state index in [9.17, 15) is 47.9 Å². The summed E-state index contributed by atoms with van der Waals surface area (Å²) in [7, 11) is 1.15. The van der Waals surface area contributed by atoms with Crippen LogP contribution in [0, 0.1) is 19.7 Å². The first-order valence-corrected chi connectivity index (χ1v) is 27.1. The molecule has 0 unspecified atom stereocenters. The molecule has 0 saturated carbocycles. The van der Waals surface area contributed by atoms with Gasteiger partial charge < -0.3 is 69.4 Å². The molecule has 4 saturated heterocycles. The van der Waals surface area contributed by atoms with E-state index in [4.69, 9.17) is 24.7 Å². The van der Waals surface area contributed by atoms with Crippen LogP contribution in [-0.4, -0.2) is 173 Å². The standard InChI is InChI=1S/C26H28N4O5.C16H20N2O5.C10H10N2O.C9H7FO3/c1-17-14-24(31)28-22-4-3-19(16-20(17)22)27-25(32)21-15-18(26(33)30-8-12-35-13-9-30)2-5-23(21)29-6-10-34-11-7-29;19-15(18-5-9-23-10-6-18)12-1-2-14(13(11-12)16(20)21)17-3-7-22-8-4-17;1-6-4-10(13)12-9-3-2-7(11)5-8(6)9;1-13-9(12)7-4-6(5-11)2-3-8(7)10/h2-5,14-16H,6-13H2,1H3,(H,27,32)(H,28,31);1-2,11H,3-10H2,(H,20,21);2-5H,11H2,1H3,(H,12,13);2-5H,1H3. The second-order valence-electron chi connectivity index (χ2n) is 19.8. The highest BCUT2D eigenvalue weighted by atomic mass is 19.1. The Morgan fingerprint density at radius 3 is 1.54 bits per heavy atom. The third-order valence-electron chi connectivity index (χ3n) is 14.2. The summed E-state index contributed by atoms with van der Waals surface area (Å²) in [5.74, 6) is -3.07. The van der Waals surface area contributed by atoms with Crippen LogP contribution in [0.25, 0.3) is 21.8 Å². The highest BCUT2D eigenvalue weighted by Gasteiger charge is 2.26. The molecule has 0 radical (unpaired) electrons. The van der Waals surface area contributed by atoms with Crippen LogP contribution >= 0.6 is 0 Å². The maximum atomic E-state index is 13.5. The number of H-pyrrole nitrogens is 2. The van der Waals surface area contributed by atoms with E-state index in [1.54, 1.807) is 58.3 Å². The van der Waals surface area contributed by atoms with Crippen molar-refractivity contribution in [1.82, 2.24) is 19.8 Å². The smallest absolute Gasteiger partial charge is 0.340 e. The fraction of sp³-hybridized carbons (Fsp3) is 0.311. The normalized spacial score (nSPS) is 15.0. The van der Waals surface area contributed by atoms with E-state index in [-0.39, 0.29) is 45.5 Å². The number of carboxylic acid groups (broad SMARTS) is 1. The second kappa shape index (κ2) is 28.6. The molecule has 6 heterocycles. The molecular formula is C61H65FN8O14. The summed E-state index contributed by atoms with van der Waals surface area (Å²) < 4.78 is 38.6. The SMILES string of the molecule is COC(=O)c1cc(C=O)ccc1F.Cc1cc(=O)[nH]c2ccc(N)cc12.Cc1cc(=O)[nH]c2ccc(NC(=O)c3cc(C(=O)N4CCOCC4)ccc3N3CCOCC3)cc12.O=C(O)c1cc(C(=O)N2CCOCC2)ccc1N1CCOCC1. The lowest BCUT2D eigenvalue weighted by Crippen LogP contribution is -2.41. The number of pyridine rings is 2. The predicted octanol–water partition coefficient (Wildman–Crippen LogP) is 5.94. The van der Waals surface area contributed by atoms with E-state index >= 15 is 0 Å². The van der Waals surface area contributed by atoms with Crippen molar-refractivity contribution in [3.8, 4) is 0 Å². The first-order chi connectivity index (χ1) is 40.5. The van der Waals surface area contributed by atoms with Gasteiger partial charge in [-0.3, -0.25) is 28.8 Å². The van der Waals surface area contributed by atoms with Crippen LogP contribution in [0.2, 0.25) is 0 Å². The molecule has 0 atom stereocenters. The van der Waals surface area contributed by atoms with E-state index in [0.717, 1.165) is 52.3 Å². The van der Waals surface area contributed by atoms with Crippen molar-refractivity contribution >= 4 is 80.5 Å². The van der Waals surface area contributed by atoms with Gasteiger partial charge in [0.25, 0.3) is 17.7 Å². The van der Waals surface area contributed by atoms with Crippen molar-refractivity contribution < 1.29 is 61.9 Å². The van der Waals surface area contributed by atoms with Gasteiger partial charge >= 0.3 is 11.9 Å². The Labute approximate surface area is 481 Å². The van der Waals surface area contributed by atoms with Crippen LogP contribution in [0.4, 0.5) is 27.1 Å². The summed E-state index contributed by atoms with van der Waals surface area (Å²) in [6, 6.07) is 27.6. The fourth-order valence-corrected chi connectivity index (χ4v) is 9.77. The van der Waals surface area contributed by atoms with Gasteiger partial charge in [-0.25, -0.2) is 14.0 Å². The maximum absolute atomic E-state index is 13.5. The van der Waals surface area contributed by atoms with Crippen LogP contribution in [-0.2, 0) is 23.7 Å². The summed E-state index contributed by atoms with van der Waals surface area (Å²) in [5, 5.41) is 14.3. The summed E-state index contributed by atoms with van der Waals surface area (Å²) in [6.45, 7) is 12.9. The number of anilines is 4. The number of hydrogen-bond donors (Lipinski definition) is 5. The van der Waals surface area contributed by atoms with Gasteiger partial charge in [-0.1, -0.05) is 0 Å². The average Bonchev–Trinajstić information content (AvgIpc) is 3.48. The van der Waals surface area contributed by atoms with Gasteiger partial charge in [-0.05, 0) is 116 Å². The van der Waals surface area contributed by atoms with Gasteiger partial charge in [0.1, 0.15) is 12.1 Å². The van der Waals surface area contributed by atoms with Gasteiger partial charge in [0.2, 0.25) is 11.1 Å². The number of nitrogens with two attached hydrogens (primary N) is 1. The van der Waals surface area contributed by atoms with Gasteiger partial charge in [0, 0.05) is 120 Å². The van der Waals surface area contributed by atoms with E-state index in [2.05, 4.69) is 24.9 Å². The molecule has 5 aromatic carbocycles. The number of aromatic carboxylic acids is 1. The number of amides is 3. The number of morpholine rings is 4. The van der Waals surface area contributed by atoms with Gasteiger partial charge in [0.05, 0.1) is 82.3 Å². The number of carboxylic acids is 1. The molecule has 22 nitrogen and oxygen atoms in total. The Bertz CT molecular complexity index is 3680. The Hall–Kier alpha value is -9.29. The number of hydrogen-bond acceptors (Lipinski definition) is 16. The number of benzene rings is 5. The highest BCUT2D eigenvalue weighted by Crippen LogP contribution is 2.28. The maximum Gasteiger partial charge on any atom is 0.340 e. The number of ether oxygens (including phenoxy) is 5. The number of methoxy groups -OCH3 is 1. The summed E-state index contributed by atoms with van der Waals surface area (Å²) in [6.07, 6.45) is 0.534. The fourth-order valence-electron chi connectivity index (χ4n) is 9.77. The second-order valence-corrected chi connectivity index (χ2v) is 19.8. The summed E-state index contributed by atoms with van der Waals surface area (Å²) >= 11 is 0.